The zero-order chi connectivity index (χ0) is 26.3. The SMILES string of the molecule is C/C=C(\N=C(/OC)C1CCCN1)c1ccc(OC/C=C/c2cccc(C(F)(F)F)c2)c(C(F)(F)F)c1. The van der Waals surface area contributed by atoms with Gasteiger partial charge >= 0.3 is 12.4 Å². The molecular formula is C26H26F6N2O2. The monoisotopic (exact) mass is 512 g/mol. The highest BCUT2D eigenvalue weighted by Gasteiger charge is 2.35. The van der Waals surface area contributed by atoms with E-state index in [0.29, 0.717) is 11.6 Å². The van der Waals surface area contributed by atoms with Gasteiger partial charge in [0.2, 0.25) is 5.90 Å². The zero-order valence-corrected chi connectivity index (χ0v) is 19.7. The molecule has 1 N–H and O–H groups in total. The van der Waals surface area contributed by atoms with Gasteiger partial charge in [0.05, 0.1) is 30.0 Å². The van der Waals surface area contributed by atoms with Gasteiger partial charge in [0.1, 0.15) is 12.4 Å². The molecule has 0 bridgehead atoms. The van der Waals surface area contributed by atoms with Crippen molar-refractivity contribution in [2.75, 3.05) is 20.3 Å². The second-order valence-electron chi connectivity index (χ2n) is 8.02. The molecular weight excluding hydrogens is 486 g/mol. The summed E-state index contributed by atoms with van der Waals surface area (Å²) in [5.41, 5.74) is -0.990. The first-order valence-electron chi connectivity index (χ1n) is 11.2. The summed E-state index contributed by atoms with van der Waals surface area (Å²) in [6.07, 6.45) is -3.12. The van der Waals surface area contributed by atoms with Gasteiger partial charge in [-0.1, -0.05) is 24.3 Å². The van der Waals surface area contributed by atoms with Crippen LogP contribution in [0.1, 0.15) is 42.0 Å². The molecule has 3 rings (SSSR count). The van der Waals surface area contributed by atoms with Crippen molar-refractivity contribution in [1.82, 2.24) is 5.32 Å². The summed E-state index contributed by atoms with van der Waals surface area (Å²) in [6, 6.07) is 8.12. The van der Waals surface area contributed by atoms with E-state index in [2.05, 4.69) is 10.3 Å². The van der Waals surface area contributed by atoms with Crippen molar-refractivity contribution in [3.63, 3.8) is 0 Å². The van der Waals surface area contributed by atoms with Crippen molar-refractivity contribution in [2.24, 2.45) is 4.99 Å². The maximum absolute atomic E-state index is 13.8. The van der Waals surface area contributed by atoms with E-state index >= 15 is 0 Å². The summed E-state index contributed by atoms with van der Waals surface area (Å²) in [4.78, 5) is 4.45. The average Bonchev–Trinajstić information content (AvgIpc) is 3.37. The Morgan fingerprint density at radius 2 is 1.86 bits per heavy atom. The lowest BCUT2D eigenvalue weighted by molar-refractivity contribution is -0.139. The van der Waals surface area contributed by atoms with Gasteiger partial charge in [-0.3, -0.25) is 0 Å². The summed E-state index contributed by atoms with van der Waals surface area (Å²) < 4.78 is 90.6. The molecule has 1 atom stereocenters. The van der Waals surface area contributed by atoms with Crippen LogP contribution in [0.3, 0.4) is 0 Å². The van der Waals surface area contributed by atoms with E-state index in [1.807, 2.05) is 0 Å². The van der Waals surface area contributed by atoms with Gasteiger partial charge in [-0.05, 0) is 68.3 Å². The molecule has 0 amide bonds. The summed E-state index contributed by atoms with van der Waals surface area (Å²) in [5.74, 6) is -0.00184. The Bertz CT molecular complexity index is 1130. The van der Waals surface area contributed by atoms with Gasteiger partial charge in [-0.15, -0.1) is 0 Å². The van der Waals surface area contributed by atoms with Gasteiger partial charge in [-0.2, -0.15) is 26.3 Å². The topological polar surface area (TPSA) is 42.8 Å². The minimum atomic E-state index is -4.70. The largest absolute Gasteiger partial charge is 0.489 e. The van der Waals surface area contributed by atoms with Crippen LogP contribution in [0.2, 0.25) is 0 Å². The maximum atomic E-state index is 13.8. The minimum Gasteiger partial charge on any atom is -0.489 e. The molecule has 0 saturated carbocycles. The van der Waals surface area contributed by atoms with Crippen molar-refractivity contribution < 1.29 is 35.8 Å². The van der Waals surface area contributed by atoms with E-state index in [9.17, 15) is 26.3 Å². The van der Waals surface area contributed by atoms with Crippen LogP contribution in [0.25, 0.3) is 11.8 Å². The third-order valence-corrected chi connectivity index (χ3v) is 5.51. The van der Waals surface area contributed by atoms with E-state index in [-0.39, 0.29) is 23.8 Å². The fourth-order valence-corrected chi connectivity index (χ4v) is 3.75. The van der Waals surface area contributed by atoms with Gasteiger partial charge < -0.3 is 14.8 Å². The molecule has 0 spiro atoms. The number of hydrogen-bond acceptors (Lipinski definition) is 4. The third kappa shape index (κ3) is 7.13. The van der Waals surface area contributed by atoms with Gasteiger partial charge in [0.15, 0.2) is 0 Å². The number of hydrogen-bond donors (Lipinski definition) is 1. The van der Waals surface area contributed by atoms with Gasteiger partial charge in [-0.25, -0.2) is 4.99 Å². The lowest BCUT2D eigenvalue weighted by Gasteiger charge is -2.16. The van der Waals surface area contributed by atoms with Crippen LogP contribution in [0, 0.1) is 0 Å². The van der Waals surface area contributed by atoms with Crippen LogP contribution in [-0.2, 0) is 17.1 Å². The molecule has 0 radical (unpaired) electrons. The van der Waals surface area contributed by atoms with E-state index in [0.717, 1.165) is 37.6 Å². The fraction of sp³-hybridized carbons (Fsp3) is 0.346. The molecule has 0 aliphatic carbocycles. The maximum Gasteiger partial charge on any atom is 0.419 e. The number of aliphatic imine (C=N–C) groups is 1. The molecule has 2 aromatic carbocycles. The molecule has 1 unspecified atom stereocenters. The summed E-state index contributed by atoms with van der Waals surface area (Å²) in [5, 5.41) is 3.24. The van der Waals surface area contributed by atoms with Crippen molar-refractivity contribution in [3.05, 3.63) is 76.9 Å². The summed E-state index contributed by atoms with van der Waals surface area (Å²) in [7, 11) is 1.47. The Balaban J connectivity index is 1.79. The van der Waals surface area contributed by atoms with Crippen LogP contribution < -0.4 is 10.1 Å². The molecule has 10 heteroatoms. The zero-order valence-electron chi connectivity index (χ0n) is 19.7. The van der Waals surface area contributed by atoms with Crippen LogP contribution in [-0.4, -0.2) is 32.2 Å². The first kappa shape index (κ1) is 27.3. The number of benzene rings is 2. The molecule has 4 nitrogen and oxygen atoms in total. The van der Waals surface area contributed by atoms with Crippen LogP contribution in [0.5, 0.6) is 5.75 Å². The van der Waals surface area contributed by atoms with E-state index in [1.165, 1.54) is 43.5 Å². The Kier molecular flexibility index (Phi) is 8.84. The second-order valence-corrected chi connectivity index (χ2v) is 8.02. The minimum absolute atomic E-state index is 0.0988. The molecule has 36 heavy (non-hydrogen) atoms. The number of halogens is 6. The number of ether oxygens (including phenoxy) is 2. The lowest BCUT2D eigenvalue weighted by Crippen LogP contribution is -2.32. The van der Waals surface area contributed by atoms with Crippen molar-refractivity contribution >= 4 is 17.7 Å². The number of methoxy groups -OCH3 is 1. The summed E-state index contributed by atoms with van der Waals surface area (Å²) in [6.45, 7) is 2.21. The first-order chi connectivity index (χ1) is 17.0. The molecule has 194 valence electrons. The van der Waals surface area contributed by atoms with E-state index < -0.39 is 29.2 Å². The highest BCUT2D eigenvalue weighted by Crippen LogP contribution is 2.38. The van der Waals surface area contributed by atoms with E-state index in [4.69, 9.17) is 9.47 Å². The number of allylic oxidation sites excluding steroid dienone is 1. The third-order valence-electron chi connectivity index (χ3n) is 5.51. The van der Waals surface area contributed by atoms with Crippen molar-refractivity contribution in [3.8, 4) is 5.75 Å². The van der Waals surface area contributed by atoms with Gasteiger partial charge in [0.25, 0.3) is 0 Å². The highest BCUT2D eigenvalue weighted by atomic mass is 19.4. The molecule has 1 fully saturated rings. The number of rotatable bonds is 7. The van der Waals surface area contributed by atoms with Crippen molar-refractivity contribution in [1.29, 1.82) is 0 Å². The number of nitrogens with zero attached hydrogens (tertiary/aromatic N) is 1. The number of alkyl halides is 6. The predicted molar refractivity (Wildman–Crippen MR) is 127 cm³/mol. The van der Waals surface area contributed by atoms with Crippen LogP contribution in [0.15, 0.2) is 59.6 Å². The number of nitrogens with one attached hydrogen (secondary N) is 1. The van der Waals surface area contributed by atoms with Gasteiger partial charge in [0, 0.05) is 5.56 Å². The Hall–Kier alpha value is -3.27. The smallest absolute Gasteiger partial charge is 0.419 e. The Labute approximate surface area is 205 Å². The van der Waals surface area contributed by atoms with Crippen LogP contribution in [0.4, 0.5) is 26.3 Å². The first-order valence-corrected chi connectivity index (χ1v) is 11.2. The lowest BCUT2D eigenvalue weighted by atomic mass is 10.1. The highest BCUT2D eigenvalue weighted by molar-refractivity contribution is 5.88. The Morgan fingerprint density at radius 1 is 1.08 bits per heavy atom. The Morgan fingerprint density at radius 3 is 2.47 bits per heavy atom. The van der Waals surface area contributed by atoms with E-state index in [1.54, 1.807) is 13.0 Å². The molecule has 1 saturated heterocycles. The average molecular weight is 512 g/mol. The van der Waals surface area contributed by atoms with Crippen LogP contribution >= 0.6 is 0 Å². The molecule has 1 heterocycles. The molecule has 2 aromatic rings. The molecule has 1 aliphatic rings. The normalized spacial score (nSPS) is 17.6. The quantitative estimate of drug-likeness (QED) is 0.247. The standard InChI is InChI=1S/C26H26F6N2O2/c1-3-21(34-24(35-2)22-10-5-13-33-22)18-11-12-23(20(16-18)26(30,31)32)36-14-6-8-17-7-4-9-19(15-17)25(27,28)29/h3-4,6-9,11-12,15-16,22,33H,5,10,13-14H2,1-2H3/b8-6+,21-3-,34-24-. The fourth-order valence-electron chi connectivity index (χ4n) is 3.75. The summed E-state index contributed by atoms with van der Waals surface area (Å²) >= 11 is 0. The van der Waals surface area contributed by atoms with Crippen molar-refractivity contribution in [2.45, 2.75) is 38.2 Å². The second kappa shape index (κ2) is 11.6. The molecule has 1 aliphatic heterocycles. The predicted octanol–water partition coefficient (Wildman–Crippen LogP) is 6.97. The molecule has 0 aromatic heterocycles.